The minimum Gasteiger partial charge on any atom is -0.505 e. The first-order valence-electron chi connectivity index (χ1n) is 12.9. The van der Waals surface area contributed by atoms with Crippen molar-refractivity contribution in [2.75, 3.05) is 38.7 Å². The average molecular weight is 582 g/mol. The molecule has 220 valence electrons. The van der Waals surface area contributed by atoms with E-state index in [2.05, 4.69) is 10.6 Å². The van der Waals surface area contributed by atoms with E-state index in [4.69, 9.17) is 20.4 Å². The number of hydrogen-bond acceptors (Lipinski definition) is 11. The van der Waals surface area contributed by atoms with Crippen molar-refractivity contribution < 1.29 is 49.0 Å². The number of carbonyl (C=O) groups excluding carboxylic acids is 3. The molecular formula is C26H29B2FN4O9. The molecule has 0 bridgehead atoms. The number of anilines is 1. The molecule has 0 spiro atoms. The van der Waals surface area contributed by atoms with Gasteiger partial charge in [0.05, 0.1) is 18.8 Å². The SMILES string of the molecule is [B]c1c(O)c(O)c(CNc2cccc3c2CN(C(C(=O)NC)C(O)(O)C([B])(O)C=O)C3=O)c(F)c1CN1CCOCC1. The van der Waals surface area contributed by atoms with E-state index in [1.165, 1.54) is 18.2 Å². The maximum Gasteiger partial charge on any atom is 0.255 e. The van der Waals surface area contributed by atoms with Crippen molar-refractivity contribution in [3.63, 3.8) is 0 Å². The third kappa shape index (κ3) is 5.43. The number of morpholine rings is 1. The van der Waals surface area contributed by atoms with Gasteiger partial charge in [-0.05, 0) is 23.2 Å². The highest BCUT2D eigenvalue weighted by Crippen LogP contribution is 2.37. The molecule has 2 aliphatic rings. The van der Waals surface area contributed by atoms with Crippen molar-refractivity contribution in [3.05, 3.63) is 46.3 Å². The molecule has 1 fully saturated rings. The molecule has 1 saturated heterocycles. The van der Waals surface area contributed by atoms with Crippen LogP contribution in [0, 0.1) is 5.82 Å². The first-order chi connectivity index (χ1) is 19.8. The minimum absolute atomic E-state index is 0.0104. The number of carbonyl (C=O) groups is 3. The predicted octanol–water partition coefficient (Wildman–Crippen LogP) is -2.72. The first kappa shape index (κ1) is 31.3. The smallest absolute Gasteiger partial charge is 0.255 e. The number of fused-ring (bicyclic) bond motifs is 1. The fraction of sp³-hybridized carbons (Fsp3) is 0.423. The Kier molecular flexibility index (Phi) is 8.85. The van der Waals surface area contributed by atoms with Gasteiger partial charge in [-0.1, -0.05) is 6.07 Å². The molecule has 13 nitrogen and oxygen atoms in total. The Morgan fingerprint density at radius 1 is 1.19 bits per heavy atom. The summed E-state index contributed by atoms with van der Waals surface area (Å²) in [6.45, 7) is 1.20. The van der Waals surface area contributed by atoms with Crippen molar-refractivity contribution in [1.82, 2.24) is 15.1 Å². The number of aromatic hydroxyl groups is 2. The first-order valence-corrected chi connectivity index (χ1v) is 12.9. The van der Waals surface area contributed by atoms with Crippen LogP contribution in [0.25, 0.3) is 0 Å². The van der Waals surface area contributed by atoms with Gasteiger partial charge in [0.15, 0.2) is 17.5 Å². The molecule has 4 radical (unpaired) electrons. The summed E-state index contributed by atoms with van der Waals surface area (Å²) in [4.78, 5) is 39.9. The summed E-state index contributed by atoms with van der Waals surface area (Å²) in [6.07, 6.45) is -0.375. The average Bonchev–Trinajstić information content (AvgIpc) is 3.30. The van der Waals surface area contributed by atoms with Crippen molar-refractivity contribution in [1.29, 1.82) is 0 Å². The Balaban J connectivity index is 1.64. The third-order valence-corrected chi connectivity index (χ3v) is 7.51. The monoisotopic (exact) mass is 582 g/mol. The van der Waals surface area contributed by atoms with E-state index < -0.39 is 53.0 Å². The number of nitrogens with one attached hydrogen (secondary N) is 2. The number of hydrogen-bond donors (Lipinski definition) is 7. The summed E-state index contributed by atoms with van der Waals surface area (Å²) in [5.41, 5.74) is -3.43. The van der Waals surface area contributed by atoms with E-state index in [1.807, 2.05) is 4.90 Å². The van der Waals surface area contributed by atoms with Gasteiger partial charge in [-0.2, -0.15) is 0 Å². The molecule has 2 unspecified atom stereocenters. The Morgan fingerprint density at radius 2 is 1.86 bits per heavy atom. The largest absolute Gasteiger partial charge is 0.505 e. The topological polar surface area (TPSA) is 192 Å². The number of aliphatic hydroxyl groups is 3. The van der Waals surface area contributed by atoms with Crippen LogP contribution in [-0.4, -0.2) is 120 Å². The van der Waals surface area contributed by atoms with Gasteiger partial charge in [-0.3, -0.25) is 14.5 Å². The number of phenols is 2. The predicted molar refractivity (Wildman–Crippen MR) is 147 cm³/mol. The fourth-order valence-corrected chi connectivity index (χ4v) is 5.01. The van der Waals surface area contributed by atoms with Gasteiger partial charge in [-0.15, -0.1) is 0 Å². The standard InChI is InChI=1S/C26H29B2FN4O9/c1-30-23(37)22(26(40,41)25(28,39)12-34)33-11-15-13(24(33)38)3-2-4-17(15)31-9-14-19(29)16(18(27)21(36)20(14)35)10-32-5-7-42-8-6-32/h2-4,12,22,31,35-36,39-41H,5-11H2,1H3,(H,30,37). The van der Waals surface area contributed by atoms with Crippen LogP contribution in [0.2, 0.25) is 0 Å². The maximum atomic E-state index is 15.7. The molecule has 4 rings (SSSR count). The molecule has 16 heteroatoms. The van der Waals surface area contributed by atoms with Gasteiger partial charge in [-0.25, -0.2) is 4.39 Å². The summed E-state index contributed by atoms with van der Waals surface area (Å²) >= 11 is 0. The lowest BCUT2D eigenvalue weighted by Crippen LogP contribution is -2.70. The molecule has 7 N–H and O–H groups in total. The highest BCUT2D eigenvalue weighted by atomic mass is 19.1. The van der Waals surface area contributed by atoms with Crippen LogP contribution in [0.3, 0.4) is 0 Å². The fourth-order valence-electron chi connectivity index (χ4n) is 5.01. The number of nitrogens with zero attached hydrogens (tertiary/aromatic N) is 2. The normalized spacial score (nSPS) is 17.8. The lowest BCUT2D eigenvalue weighted by atomic mass is 9.72. The van der Waals surface area contributed by atoms with Crippen LogP contribution >= 0.6 is 0 Å². The summed E-state index contributed by atoms with van der Waals surface area (Å²) in [5.74, 6) is -7.89. The molecule has 0 aromatic heterocycles. The Bertz CT molecular complexity index is 1400. The lowest BCUT2D eigenvalue weighted by molar-refractivity contribution is -0.256. The molecule has 0 saturated carbocycles. The molecular weight excluding hydrogens is 553 g/mol. The van der Waals surface area contributed by atoms with Crippen LogP contribution in [0.5, 0.6) is 11.5 Å². The molecule has 2 amide bonds. The van der Waals surface area contributed by atoms with Gasteiger partial charge in [0.2, 0.25) is 11.7 Å². The number of benzene rings is 2. The summed E-state index contributed by atoms with van der Waals surface area (Å²) < 4.78 is 21.0. The lowest BCUT2D eigenvalue weighted by Gasteiger charge is -2.42. The highest BCUT2D eigenvalue weighted by molar-refractivity contribution is 6.35. The van der Waals surface area contributed by atoms with Crippen LogP contribution in [-0.2, 0) is 34.0 Å². The molecule has 2 atom stereocenters. The highest BCUT2D eigenvalue weighted by Gasteiger charge is 2.57. The van der Waals surface area contributed by atoms with Crippen LogP contribution in [0.4, 0.5) is 10.1 Å². The van der Waals surface area contributed by atoms with Crippen molar-refractivity contribution >= 4 is 44.9 Å². The van der Waals surface area contributed by atoms with Gasteiger partial charge < -0.3 is 50.6 Å². The van der Waals surface area contributed by atoms with Gasteiger partial charge in [0.25, 0.3) is 5.91 Å². The number of halogens is 1. The van der Waals surface area contributed by atoms with Gasteiger partial charge >= 0.3 is 0 Å². The van der Waals surface area contributed by atoms with E-state index in [0.717, 1.165) is 7.05 Å². The van der Waals surface area contributed by atoms with E-state index >= 15 is 4.39 Å². The van der Waals surface area contributed by atoms with Crippen molar-refractivity contribution in [3.8, 4) is 11.5 Å². The minimum atomic E-state index is -3.60. The van der Waals surface area contributed by atoms with E-state index in [1.54, 1.807) is 0 Å². The molecule has 42 heavy (non-hydrogen) atoms. The molecule has 2 aliphatic heterocycles. The van der Waals surface area contributed by atoms with Crippen molar-refractivity contribution in [2.45, 2.75) is 37.0 Å². The summed E-state index contributed by atoms with van der Waals surface area (Å²) in [7, 11) is 12.4. The second-order valence-electron chi connectivity index (χ2n) is 10.1. The van der Waals surface area contributed by atoms with Crippen LogP contribution in [0.1, 0.15) is 27.0 Å². The van der Waals surface area contributed by atoms with Crippen molar-refractivity contribution in [2.24, 2.45) is 0 Å². The van der Waals surface area contributed by atoms with Gasteiger partial charge in [0, 0.05) is 56.6 Å². The van der Waals surface area contributed by atoms with E-state index in [-0.39, 0.29) is 52.8 Å². The number of amides is 2. The zero-order chi connectivity index (χ0) is 31.0. The van der Waals surface area contributed by atoms with E-state index in [0.29, 0.717) is 31.2 Å². The quantitative estimate of drug-likeness (QED) is 0.0667. The molecule has 2 aromatic rings. The maximum absolute atomic E-state index is 15.7. The van der Waals surface area contributed by atoms with Crippen LogP contribution in [0.15, 0.2) is 18.2 Å². The third-order valence-electron chi connectivity index (χ3n) is 7.51. The van der Waals surface area contributed by atoms with Gasteiger partial charge in [0.1, 0.15) is 33.3 Å². The second kappa shape index (κ2) is 11.9. The summed E-state index contributed by atoms with van der Waals surface area (Å²) in [5, 5.41) is 57.3. The van der Waals surface area contributed by atoms with E-state index in [9.17, 15) is 39.9 Å². The number of aldehydes is 1. The molecule has 2 aromatic carbocycles. The Hall–Kier alpha value is -3.69. The second-order valence-corrected chi connectivity index (χ2v) is 10.1. The van der Waals surface area contributed by atoms with Crippen LogP contribution < -0.4 is 16.1 Å². The number of rotatable bonds is 10. The summed E-state index contributed by atoms with van der Waals surface area (Å²) in [6, 6.07) is 2.14. The Morgan fingerprint density at radius 3 is 2.48 bits per heavy atom. The molecule has 2 heterocycles. The zero-order valence-electron chi connectivity index (χ0n) is 22.6. The number of likely N-dealkylation sites (N-methyl/N-ethyl adjacent to an activating group) is 1. The molecule has 0 aliphatic carbocycles. The zero-order valence-corrected chi connectivity index (χ0v) is 22.6. The Labute approximate surface area is 242 Å². The number of ether oxygens (including phenoxy) is 1. The number of phenolic OH excluding ortho intramolecular Hbond substituents is 2.